The SMILES string of the molecule is COc1ccc(-n2c(COc3ccc(C)cc3)nnc2SCc2cc(C)ccc2C)cc1. The molecule has 32 heavy (non-hydrogen) atoms. The molecular weight excluding hydrogens is 418 g/mol. The van der Waals surface area contributed by atoms with Gasteiger partial charge in [-0.15, -0.1) is 10.2 Å². The highest BCUT2D eigenvalue weighted by atomic mass is 32.2. The summed E-state index contributed by atoms with van der Waals surface area (Å²) >= 11 is 1.67. The Morgan fingerprint density at radius 1 is 0.812 bits per heavy atom. The van der Waals surface area contributed by atoms with Crippen molar-refractivity contribution in [2.45, 2.75) is 38.3 Å². The van der Waals surface area contributed by atoms with Crippen LogP contribution in [0.2, 0.25) is 0 Å². The first-order valence-electron chi connectivity index (χ1n) is 10.5. The van der Waals surface area contributed by atoms with E-state index in [-0.39, 0.29) is 0 Å². The molecule has 0 amide bonds. The van der Waals surface area contributed by atoms with Crippen molar-refractivity contribution in [3.63, 3.8) is 0 Å². The number of rotatable bonds is 8. The Morgan fingerprint density at radius 3 is 2.22 bits per heavy atom. The van der Waals surface area contributed by atoms with Gasteiger partial charge in [0.1, 0.15) is 18.1 Å². The fraction of sp³-hybridized carbons (Fsp3) is 0.231. The summed E-state index contributed by atoms with van der Waals surface area (Å²) in [6.45, 7) is 6.65. The zero-order valence-corrected chi connectivity index (χ0v) is 19.6. The number of hydrogen-bond acceptors (Lipinski definition) is 5. The highest BCUT2D eigenvalue weighted by Crippen LogP contribution is 2.28. The molecule has 0 unspecified atom stereocenters. The van der Waals surface area contributed by atoms with Gasteiger partial charge in [-0.1, -0.05) is 53.2 Å². The molecule has 0 saturated heterocycles. The van der Waals surface area contributed by atoms with Crippen LogP contribution in [0.5, 0.6) is 11.5 Å². The van der Waals surface area contributed by atoms with E-state index in [0.29, 0.717) is 6.61 Å². The van der Waals surface area contributed by atoms with Gasteiger partial charge in [-0.2, -0.15) is 0 Å². The molecule has 0 aliphatic carbocycles. The molecule has 0 radical (unpaired) electrons. The summed E-state index contributed by atoms with van der Waals surface area (Å²) in [6.07, 6.45) is 0. The van der Waals surface area contributed by atoms with E-state index in [1.165, 1.54) is 22.3 Å². The molecule has 0 aliphatic heterocycles. The van der Waals surface area contributed by atoms with Gasteiger partial charge in [-0.3, -0.25) is 4.57 Å². The fourth-order valence-electron chi connectivity index (χ4n) is 3.36. The Labute approximate surface area is 193 Å². The van der Waals surface area contributed by atoms with Crippen LogP contribution in [0.25, 0.3) is 5.69 Å². The third-order valence-corrected chi connectivity index (χ3v) is 6.26. The molecule has 4 rings (SSSR count). The van der Waals surface area contributed by atoms with Gasteiger partial charge in [0.05, 0.1) is 7.11 Å². The molecule has 6 heteroatoms. The van der Waals surface area contributed by atoms with E-state index < -0.39 is 0 Å². The van der Waals surface area contributed by atoms with Gasteiger partial charge in [-0.05, 0) is 68.3 Å². The van der Waals surface area contributed by atoms with E-state index in [1.807, 2.05) is 48.5 Å². The predicted molar refractivity (Wildman–Crippen MR) is 129 cm³/mol. The van der Waals surface area contributed by atoms with Gasteiger partial charge >= 0.3 is 0 Å². The highest BCUT2D eigenvalue weighted by Gasteiger charge is 2.16. The van der Waals surface area contributed by atoms with Crippen LogP contribution in [0.15, 0.2) is 71.9 Å². The second-order valence-electron chi connectivity index (χ2n) is 7.75. The maximum absolute atomic E-state index is 6.01. The molecule has 1 heterocycles. The van der Waals surface area contributed by atoms with Crippen LogP contribution in [0.3, 0.4) is 0 Å². The Balaban J connectivity index is 1.61. The summed E-state index contributed by atoms with van der Waals surface area (Å²) < 4.78 is 13.4. The summed E-state index contributed by atoms with van der Waals surface area (Å²) in [4.78, 5) is 0. The summed E-state index contributed by atoms with van der Waals surface area (Å²) in [5.74, 6) is 3.19. The molecule has 0 fully saturated rings. The maximum Gasteiger partial charge on any atom is 0.196 e. The summed E-state index contributed by atoms with van der Waals surface area (Å²) in [5.41, 5.74) is 6.01. The molecule has 5 nitrogen and oxygen atoms in total. The first kappa shape index (κ1) is 22.0. The fourth-order valence-corrected chi connectivity index (χ4v) is 4.39. The van der Waals surface area contributed by atoms with Crippen molar-refractivity contribution < 1.29 is 9.47 Å². The van der Waals surface area contributed by atoms with Gasteiger partial charge in [0.15, 0.2) is 11.0 Å². The van der Waals surface area contributed by atoms with Crippen LogP contribution >= 0.6 is 11.8 Å². The number of hydrogen-bond donors (Lipinski definition) is 0. The number of nitrogens with zero attached hydrogens (tertiary/aromatic N) is 3. The zero-order chi connectivity index (χ0) is 22.5. The van der Waals surface area contributed by atoms with Crippen molar-refractivity contribution in [3.05, 3.63) is 94.8 Å². The van der Waals surface area contributed by atoms with E-state index in [9.17, 15) is 0 Å². The third-order valence-electron chi connectivity index (χ3n) is 5.28. The Kier molecular flexibility index (Phi) is 6.81. The first-order valence-corrected chi connectivity index (χ1v) is 11.5. The monoisotopic (exact) mass is 445 g/mol. The van der Waals surface area contributed by atoms with Crippen LogP contribution in [0.4, 0.5) is 0 Å². The van der Waals surface area contributed by atoms with E-state index >= 15 is 0 Å². The van der Waals surface area contributed by atoms with Crippen LogP contribution in [-0.4, -0.2) is 21.9 Å². The van der Waals surface area contributed by atoms with Crippen molar-refractivity contribution in [3.8, 4) is 17.2 Å². The quantitative estimate of drug-likeness (QED) is 0.308. The van der Waals surface area contributed by atoms with Crippen molar-refractivity contribution in [1.29, 1.82) is 0 Å². The number of aromatic nitrogens is 3. The van der Waals surface area contributed by atoms with E-state index in [0.717, 1.165) is 33.9 Å². The van der Waals surface area contributed by atoms with Crippen molar-refractivity contribution >= 4 is 11.8 Å². The molecule has 0 atom stereocenters. The van der Waals surface area contributed by atoms with Gasteiger partial charge in [0.2, 0.25) is 0 Å². The van der Waals surface area contributed by atoms with Gasteiger partial charge in [0, 0.05) is 11.4 Å². The molecule has 0 bridgehead atoms. The summed E-state index contributed by atoms with van der Waals surface area (Å²) in [5, 5.41) is 9.78. The summed E-state index contributed by atoms with van der Waals surface area (Å²) in [7, 11) is 1.67. The third kappa shape index (κ3) is 5.14. The Morgan fingerprint density at radius 2 is 1.50 bits per heavy atom. The van der Waals surface area contributed by atoms with Gasteiger partial charge in [0.25, 0.3) is 0 Å². The summed E-state index contributed by atoms with van der Waals surface area (Å²) in [6, 6.07) is 22.5. The lowest BCUT2D eigenvalue weighted by molar-refractivity contribution is 0.292. The molecule has 0 N–H and O–H groups in total. The average molecular weight is 446 g/mol. The number of aryl methyl sites for hydroxylation is 3. The van der Waals surface area contributed by atoms with Gasteiger partial charge < -0.3 is 9.47 Å². The largest absolute Gasteiger partial charge is 0.497 e. The number of thioether (sulfide) groups is 1. The van der Waals surface area contributed by atoms with E-state index in [1.54, 1.807) is 18.9 Å². The van der Waals surface area contributed by atoms with Crippen LogP contribution in [0, 0.1) is 20.8 Å². The molecule has 0 aliphatic rings. The van der Waals surface area contributed by atoms with Crippen molar-refractivity contribution in [2.24, 2.45) is 0 Å². The lowest BCUT2D eigenvalue weighted by Gasteiger charge is -2.12. The second-order valence-corrected chi connectivity index (χ2v) is 8.70. The van der Waals surface area contributed by atoms with E-state index in [2.05, 4.69) is 53.7 Å². The minimum Gasteiger partial charge on any atom is -0.497 e. The maximum atomic E-state index is 6.01. The predicted octanol–water partition coefficient (Wildman–Crippen LogP) is 6.07. The highest BCUT2D eigenvalue weighted by molar-refractivity contribution is 7.98. The molecule has 164 valence electrons. The van der Waals surface area contributed by atoms with Crippen LogP contribution in [-0.2, 0) is 12.4 Å². The zero-order valence-electron chi connectivity index (χ0n) is 18.8. The first-order chi connectivity index (χ1) is 15.5. The Hall–Kier alpha value is -3.25. The van der Waals surface area contributed by atoms with Crippen molar-refractivity contribution in [1.82, 2.24) is 14.8 Å². The number of ether oxygens (including phenoxy) is 2. The lowest BCUT2D eigenvalue weighted by Crippen LogP contribution is -2.07. The standard InChI is InChI=1S/C26H27N3O2S/c1-18-6-11-24(12-7-18)31-16-25-27-28-26(29(25)22-9-13-23(30-4)14-10-22)32-17-21-15-19(2)5-8-20(21)3/h5-15H,16-17H2,1-4H3. The second kappa shape index (κ2) is 9.92. The molecule has 0 saturated carbocycles. The van der Waals surface area contributed by atoms with Crippen LogP contribution in [0.1, 0.15) is 28.1 Å². The lowest BCUT2D eigenvalue weighted by atomic mass is 10.1. The normalized spacial score (nSPS) is 10.9. The van der Waals surface area contributed by atoms with E-state index in [4.69, 9.17) is 9.47 Å². The average Bonchev–Trinajstić information content (AvgIpc) is 3.22. The number of benzene rings is 3. The topological polar surface area (TPSA) is 49.2 Å². The molecule has 3 aromatic carbocycles. The van der Waals surface area contributed by atoms with Gasteiger partial charge in [-0.25, -0.2) is 0 Å². The minimum atomic E-state index is 0.326. The smallest absolute Gasteiger partial charge is 0.196 e. The molecule has 0 spiro atoms. The number of methoxy groups -OCH3 is 1. The minimum absolute atomic E-state index is 0.326. The van der Waals surface area contributed by atoms with Crippen LogP contribution < -0.4 is 9.47 Å². The molecule has 1 aromatic heterocycles. The molecular formula is C26H27N3O2S. The Bertz CT molecular complexity index is 1180. The molecule has 4 aromatic rings. The van der Waals surface area contributed by atoms with Crippen molar-refractivity contribution in [2.75, 3.05) is 7.11 Å².